The van der Waals surface area contributed by atoms with E-state index in [1.807, 2.05) is 0 Å². The number of carbonyl (C=O) groups excluding carboxylic acids is 1. The van der Waals surface area contributed by atoms with Gasteiger partial charge in [0.25, 0.3) is 0 Å². The van der Waals surface area contributed by atoms with Gasteiger partial charge in [-0.3, -0.25) is 4.79 Å². The van der Waals surface area contributed by atoms with E-state index in [2.05, 4.69) is 41.3 Å². The lowest BCUT2D eigenvalue weighted by Crippen LogP contribution is -2.31. The van der Waals surface area contributed by atoms with Gasteiger partial charge in [-0.05, 0) is 50.9 Å². The number of hydrogen-bond donors (Lipinski definition) is 2. The summed E-state index contributed by atoms with van der Waals surface area (Å²) in [5, 5.41) is 0. The Balaban J connectivity index is 2.98. The van der Waals surface area contributed by atoms with Gasteiger partial charge in [-0.1, -0.05) is 0 Å². The van der Waals surface area contributed by atoms with Gasteiger partial charge in [0.15, 0.2) is 0 Å². The molecule has 106 valence electrons. The zero-order chi connectivity index (χ0) is 14.6. The second kappa shape index (κ2) is 6.69. The van der Waals surface area contributed by atoms with Crippen molar-refractivity contribution in [2.24, 2.45) is 0 Å². The lowest BCUT2D eigenvalue weighted by atomic mass is 10.3. The zero-order valence-electron chi connectivity index (χ0n) is 9.94. The average Bonchev–Trinajstić information content (AvgIpc) is 2.25. The second-order valence-corrected chi connectivity index (χ2v) is 6.86. The normalized spacial score (nSPS) is 11.3. The van der Waals surface area contributed by atoms with Gasteiger partial charge in [-0.2, -0.15) is 4.72 Å². The minimum Gasteiger partial charge on any atom is -0.465 e. The van der Waals surface area contributed by atoms with Crippen molar-refractivity contribution in [1.29, 1.82) is 0 Å². The molecule has 9 heteroatoms. The predicted molar refractivity (Wildman–Crippen MR) is 78.1 cm³/mol. The van der Waals surface area contributed by atoms with Crippen LogP contribution in [0.1, 0.15) is 6.92 Å². The van der Waals surface area contributed by atoms with Crippen LogP contribution in [-0.4, -0.2) is 27.5 Å². The van der Waals surface area contributed by atoms with E-state index in [0.717, 1.165) is 0 Å². The summed E-state index contributed by atoms with van der Waals surface area (Å²) in [5.41, 5.74) is 5.99. The van der Waals surface area contributed by atoms with E-state index in [1.165, 1.54) is 12.1 Å². The summed E-state index contributed by atoms with van der Waals surface area (Å²) in [6, 6.07) is 2.92. The van der Waals surface area contributed by atoms with Crippen LogP contribution in [0.15, 0.2) is 26.0 Å². The topological polar surface area (TPSA) is 98.5 Å². The van der Waals surface area contributed by atoms with E-state index in [0.29, 0.717) is 14.6 Å². The van der Waals surface area contributed by atoms with E-state index >= 15 is 0 Å². The number of carbonyl (C=O) groups is 1. The Labute approximate surface area is 128 Å². The number of nitrogen functional groups attached to an aromatic ring is 1. The molecule has 0 saturated carbocycles. The number of sulfonamides is 1. The largest absolute Gasteiger partial charge is 0.465 e. The minimum atomic E-state index is -3.85. The third-order valence-corrected chi connectivity index (χ3v) is 5.28. The van der Waals surface area contributed by atoms with Crippen molar-refractivity contribution in [3.63, 3.8) is 0 Å². The summed E-state index contributed by atoms with van der Waals surface area (Å²) >= 11 is 6.25. The summed E-state index contributed by atoms with van der Waals surface area (Å²) in [7, 11) is -3.85. The molecule has 1 aromatic carbocycles. The molecule has 0 fully saturated rings. The minimum absolute atomic E-state index is 0.0222. The van der Waals surface area contributed by atoms with Crippen LogP contribution >= 0.6 is 31.9 Å². The van der Waals surface area contributed by atoms with Crippen LogP contribution in [0.4, 0.5) is 5.69 Å². The Morgan fingerprint density at radius 3 is 2.37 bits per heavy atom. The molecule has 0 aliphatic heterocycles. The molecule has 1 rings (SSSR count). The molecule has 0 heterocycles. The Bertz CT molecular complexity index is 566. The number of benzene rings is 1. The standard InChI is InChI=1S/C10H12Br2N2O4S/c1-2-18-9(15)5-14-19(16,17)10-7(11)3-6(13)4-8(10)12/h3-4,14H,2,5,13H2,1H3. The quantitative estimate of drug-likeness (QED) is 0.562. The average molecular weight is 416 g/mol. The molecule has 0 unspecified atom stereocenters. The number of nitrogens with one attached hydrogen (secondary N) is 1. The highest BCUT2D eigenvalue weighted by Gasteiger charge is 2.22. The number of anilines is 1. The van der Waals surface area contributed by atoms with E-state index in [1.54, 1.807) is 6.92 Å². The molecule has 0 aliphatic carbocycles. The summed E-state index contributed by atoms with van der Waals surface area (Å²) in [6.07, 6.45) is 0. The first kappa shape index (κ1) is 16.4. The van der Waals surface area contributed by atoms with Gasteiger partial charge in [-0.25, -0.2) is 8.42 Å². The predicted octanol–water partition coefficient (Wildman–Crippen LogP) is 1.64. The number of hydrogen-bond acceptors (Lipinski definition) is 5. The molecular formula is C10H12Br2N2O4S. The van der Waals surface area contributed by atoms with Gasteiger partial charge < -0.3 is 10.5 Å². The van der Waals surface area contributed by atoms with Crippen molar-refractivity contribution >= 4 is 53.5 Å². The van der Waals surface area contributed by atoms with Crippen LogP contribution in [0.2, 0.25) is 0 Å². The Morgan fingerprint density at radius 2 is 1.89 bits per heavy atom. The first-order valence-electron chi connectivity index (χ1n) is 5.17. The number of rotatable bonds is 5. The second-order valence-electron chi connectivity index (χ2n) is 3.44. The zero-order valence-corrected chi connectivity index (χ0v) is 13.9. The first-order chi connectivity index (χ1) is 8.77. The fourth-order valence-corrected chi connectivity index (χ4v) is 4.86. The molecule has 0 radical (unpaired) electrons. The maximum absolute atomic E-state index is 12.1. The monoisotopic (exact) mass is 414 g/mol. The Morgan fingerprint density at radius 1 is 1.37 bits per heavy atom. The molecule has 1 aromatic rings. The maximum Gasteiger partial charge on any atom is 0.321 e. The Hall–Kier alpha value is -0.640. The smallest absolute Gasteiger partial charge is 0.321 e. The van der Waals surface area contributed by atoms with Crippen LogP contribution in [0.5, 0.6) is 0 Å². The van der Waals surface area contributed by atoms with Gasteiger partial charge in [0.2, 0.25) is 10.0 Å². The van der Waals surface area contributed by atoms with Crippen molar-refractivity contribution in [1.82, 2.24) is 4.72 Å². The maximum atomic E-state index is 12.1. The van der Waals surface area contributed by atoms with Gasteiger partial charge in [0.1, 0.15) is 11.4 Å². The van der Waals surface area contributed by atoms with Crippen molar-refractivity contribution in [3.05, 3.63) is 21.1 Å². The highest BCUT2D eigenvalue weighted by molar-refractivity contribution is 9.11. The van der Waals surface area contributed by atoms with Crippen molar-refractivity contribution in [3.8, 4) is 0 Å². The van der Waals surface area contributed by atoms with Gasteiger partial charge in [0, 0.05) is 14.6 Å². The number of halogens is 2. The third kappa shape index (κ3) is 4.44. The molecule has 19 heavy (non-hydrogen) atoms. The van der Waals surface area contributed by atoms with E-state index < -0.39 is 22.5 Å². The summed E-state index contributed by atoms with van der Waals surface area (Å²) in [5.74, 6) is -0.645. The van der Waals surface area contributed by atoms with Crippen molar-refractivity contribution in [2.75, 3.05) is 18.9 Å². The van der Waals surface area contributed by atoms with Gasteiger partial charge in [-0.15, -0.1) is 0 Å². The van der Waals surface area contributed by atoms with Crippen molar-refractivity contribution in [2.45, 2.75) is 11.8 Å². The molecule has 3 N–H and O–H groups in total. The third-order valence-electron chi connectivity index (χ3n) is 2.00. The Kier molecular flexibility index (Phi) is 5.78. The highest BCUT2D eigenvalue weighted by Crippen LogP contribution is 2.32. The molecule has 0 aliphatic rings. The number of esters is 1. The molecule has 6 nitrogen and oxygen atoms in total. The number of nitrogens with two attached hydrogens (primary N) is 1. The van der Waals surface area contributed by atoms with E-state index in [4.69, 9.17) is 5.73 Å². The van der Waals surface area contributed by atoms with E-state index in [9.17, 15) is 13.2 Å². The summed E-state index contributed by atoms with van der Waals surface area (Å²) in [6.45, 7) is 1.40. The lowest BCUT2D eigenvalue weighted by molar-refractivity contribution is -0.141. The molecule has 0 spiro atoms. The van der Waals surface area contributed by atoms with Crippen LogP contribution in [0.25, 0.3) is 0 Å². The van der Waals surface area contributed by atoms with Gasteiger partial charge >= 0.3 is 5.97 Å². The fraction of sp³-hybridized carbons (Fsp3) is 0.300. The number of ether oxygens (including phenoxy) is 1. The SMILES string of the molecule is CCOC(=O)CNS(=O)(=O)c1c(Br)cc(N)cc1Br. The summed E-state index contributed by atoms with van der Waals surface area (Å²) < 4.78 is 31.6. The molecule has 0 amide bonds. The lowest BCUT2D eigenvalue weighted by Gasteiger charge is -2.10. The highest BCUT2D eigenvalue weighted by atomic mass is 79.9. The molecule has 0 aromatic heterocycles. The van der Waals surface area contributed by atoms with Crippen LogP contribution in [0.3, 0.4) is 0 Å². The van der Waals surface area contributed by atoms with Crippen LogP contribution in [-0.2, 0) is 19.6 Å². The molecule has 0 atom stereocenters. The van der Waals surface area contributed by atoms with Crippen LogP contribution < -0.4 is 10.5 Å². The van der Waals surface area contributed by atoms with Crippen LogP contribution in [0, 0.1) is 0 Å². The van der Waals surface area contributed by atoms with E-state index in [-0.39, 0.29) is 11.5 Å². The fourth-order valence-electron chi connectivity index (χ4n) is 1.27. The van der Waals surface area contributed by atoms with Crippen molar-refractivity contribution < 1.29 is 17.9 Å². The van der Waals surface area contributed by atoms with Gasteiger partial charge in [0.05, 0.1) is 6.61 Å². The first-order valence-corrected chi connectivity index (χ1v) is 8.24. The molecule has 0 bridgehead atoms. The molecular weight excluding hydrogens is 404 g/mol. The summed E-state index contributed by atoms with van der Waals surface area (Å²) in [4.78, 5) is 11.1. The molecule has 0 saturated heterocycles.